The van der Waals surface area contributed by atoms with Crippen LogP contribution < -0.4 is 0 Å². The van der Waals surface area contributed by atoms with Crippen LogP contribution in [-0.4, -0.2) is 7.11 Å². The number of hydrogen-bond donors (Lipinski definition) is 0. The molecular weight excluding hydrogens is 278 g/mol. The van der Waals surface area contributed by atoms with Crippen LogP contribution in [0.15, 0.2) is 53.9 Å². The number of rotatable bonds is 5. The van der Waals surface area contributed by atoms with E-state index >= 15 is 0 Å². The highest BCUT2D eigenvalue weighted by molar-refractivity contribution is 7.98. The molecule has 0 fully saturated rings. The molecule has 2 aromatic carbocycles. The lowest BCUT2D eigenvalue weighted by Gasteiger charge is -2.10. The Bertz CT molecular complexity index is 611. The summed E-state index contributed by atoms with van der Waals surface area (Å²) in [5.74, 6) is -0.321. The van der Waals surface area contributed by atoms with Gasteiger partial charge in [-0.25, -0.2) is 8.78 Å². The number of ether oxygens (including phenoxy) is 1. The molecule has 0 saturated carbocycles. The van der Waals surface area contributed by atoms with Gasteiger partial charge in [0, 0.05) is 10.6 Å². The van der Waals surface area contributed by atoms with Crippen molar-refractivity contribution in [3.05, 3.63) is 71.8 Å². The SMILES string of the molecule is C=C(OC)c1cc(F)cc(SCc2ccccc2)c1F. The minimum atomic E-state index is -0.504. The Hall–Kier alpha value is -1.81. The summed E-state index contributed by atoms with van der Waals surface area (Å²) in [6.07, 6.45) is 0. The van der Waals surface area contributed by atoms with Crippen molar-refractivity contribution in [2.24, 2.45) is 0 Å². The van der Waals surface area contributed by atoms with E-state index in [2.05, 4.69) is 6.58 Å². The molecule has 0 heterocycles. The highest BCUT2D eigenvalue weighted by Crippen LogP contribution is 2.31. The summed E-state index contributed by atoms with van der Waals surface area (Å²) in [7, 11) is 1.38. The van der Waals surface area contributed by atoms with Crippen LogP contribution >= 0.6 is 11.8 Å². The third-order valence-corrected chi connectivity index (χ3v) is 3.87. The van der Waals surface area contributed by atoms with Crippen molar-refractivity contribution in [2.45, 2.75) is 10.6 Å². The number of thioether (sulfide) groups is 1. The molecule has 0 aromatic heterocycles. The van der Waals surface area contributed by atoms with E-state index in [1.54, 1.807) is 0 Å². The molecule has 2 rings (SSSR count). The smallest absolute Gasteiger partial charge is 0.147 e. The van der Waals surface area contributed by atoms with E-state index in [0.717, 1.165) is 11.6 Å². The fourth-order valence-electron chi connectivity index (χ4n) is 1.72. The summed E-state index contributed by atoms with van der Waals surface area (Å²) < 4.78 is 32.7. The van der Waals surface area contributed by atoms with E-state index in [0.29, 0.717) is 5.75 Å². The molecule has 4 heteroatoms. The van der Waals surface area contributed by atoms with Gasteiger partial charge in [0.25, 0.3) is 0 Å². The molecule has 0 aliphatic carbocycles. The number of hydrogen-bond acceptors (Lipinski definition) is 2. The predicted molar refractivity (Wildman–Crippen MR) is 78.4 cm³/mol. The second-order valence-corrected chi connectivity index (χ2v) is 5.18. The zero-order chi connectivity index (χ0) is 14.5. The quantitative estimate of drug-likeness (QED) is 0.574. The highest BCUT2D eigenvalue weighted by Gasteiger charge is 2.14. The van der Waals surface area contributed by atoms with Gasteiger partial charge in [-0.05, 0) is 17.7 Å². The number of methoxy groups -OCH3 is 1. The fourth-order valence-corrected chi connectivity index (χ4v) is 2.66. The lowest BCUT2D eigenvalue weighted by atomic mass is 10.2. The molecule has 0 saturated heterocycles. The average molecular weight is 292 g/mol. The van der Waals surface area contributed by atoms with Crippen molar-refractivity contribution >= 4 is 17.5 Å². The lowest BCUT2D eigenvalue weighted by Crippen LogP contribution is -1.96. The molecule has 0 bridgehead atoms. The summed E-state index contributed by atoms with van der Waals surface area (Å²) in [6, 6.07) is 11.9. The van der Waals surface area contributed by atoms with Crippen LogP contribution in [0.1, 0.15) is 11.1 Å². The summed E-state index contributed by atoms with van der Waals surface area (Å²) in [6.45, 7) is 3.57. The maximum atomic E-state index is 14.3. The minimum absolute atomic E-state index is 0.0584. The van der Waals surface area contributed by atoms with Crippen molar-refractivity contribution in [2.75, 3.05) is 7.11 Å². The van der Waals surface area contributed by atoms with E-state index in [1.807, 2.05) is 30.3 Å². The van der Waals surface area contributed by atoms with Crippen molar-refractivity contribution in [1.82, 2.24) is 0 Å². The minimum Gasteiger partial charge on any atom is -0.497 e. The van der Waals surface area contributed by atoms with Gasteiger partial charge in [-0.3, -0.25) is 0 Å². The zero-order valence-electron chi connectivity index (χ0n) is 11.0. The Morgan fingerprint density at radius 2 is 1.90 bits per heavy atom. The maximum absolute atomic E-state index is 14.3. The third-order valence-electron chi connectivity index (χ3n) is 2.79. The first-order chi connectivity index (χ1) is 9.61. The number of halogens is 2. The monoisotopic (exact) mass is 292 g/mol. The van der Waals surface area contributed by atoms with Crippen LogP contribution in [0, 0.1) is 11.6 Å². The van der Waals surface area contributed by atoms with Crippen LogP contribution in [0.4, 0.5) is 8.78 Å². The Morgan fingerprint density at radius 1 is 1.20 bits per heavy atom. The summed E-state index contributed by atoms with van der Waals surface area (Å²) in [5, 5.41) is 0. The van der Waals surface area contributed by atoms with Crippen molar-refractivity contribution in [3.63, 3.8) is 0 Å². The molecule has 0 aliphatic rings. The molecule has 104 valence electrons. The molecule has 0 aliphatic heterocycles. The normalized spacial score (nSPS) is 10.3. The Labute approximate surface area is 121 Å². The predicted octanol–water partition coefficient (Wildman–Crippen LogP) is 4.87. The fraction of sp³-hybridized carbons (Fsp3) is 0.125. The van der Waals surface area contributed by atoms with E-state index in [9.17, 15) is 8.78 Å². The molecular formula is C16H14F2OS. The Balaban J connectivity index is 2.23. The van der Waals surface area contributed by atoms with Crippen LogP contribution in [0.25, 0.3) is 5.76 Å². The van der Waals surface area contributed by atoms with Crippen molar-refractivity contribution < 1.29 is 13.5 Å². The van der Waals surface area contributed by atoms with E-state index < -0.39 is 11.6 Å². The van der Waals surface area contributed by atoms with Crippen LogP contribution in [0.2, 0.25) is 0 Å². The first kappa shape index (κ1) is 14.6. The van der Waals surface area contributed by atoms with E-state index in [1.165, 1.54) is 24.9 Å². The van der Waals surface area contributed by atoms with Gasteiger partial charge in [-0.2, -0.15) is 0 Å². The van der Waals surface area contributed by atoms with Gasteiger partial charge in [-0.1, -0.05) is 36.9 Å². The Kier molecular flexibility index (Phi) is 4.79. The van der Waals surface area contributed by atoms with Gasteiger partial charge in [0.15, 0.2) is 0 Å². The molecule has 0 atom stereocenters. The van der Waals surface area contributed by atoms with E-state index in [4.69, 9.17) is 4.74 Å². The molecule has 2 aromatic rings. The Morgan fingerprint density at radius 3 is 2.55 bits per heavy atom. The molecule has 0 amide bonds. The second-order valence-electron chi connectivity index (χ2n) is 4.17. The lowest BCUT2D eigenvalue weighted by molar-refractivity contribution is 0.367. The van der Waals surface area contributed by atoms with Gasteiger partial charge < -0.3 is 4.74 Å². The second kappa shape index (κ2) is 6.57. The molecule has 0 spiro atoms. The van der Waals surface area contributed by atoms with Gasteiger partial charge in [-0.15, -0.1) is 11.8 Å². The van der Waals surface area contributed by atoms with Crippen molar-refractivity contribution in [1.29, 1.82) is 0 Å². The number of benzene rings is 2. The largest absolute Gasteiger partial charge is 0.497 e. The van der Waals surface area contributed by atoms with Gasteiger partial charge >= 0.3 is 0 Å². The average Bonchev–Trinajstić information content (AvgIpc) is 2.48. The maximum Gasteiger partial charge on any atom is 0.147 e. The van der Waals surface area contributed by atoms with E-state index in [-0.39, 0.29) is 16.2 Å². The molecule has 0 N–H and O–H groups in total. The van der Waals surface area contributed by atoms with Crippen LogP contribution in [0.3, 0.4) is 0 Å². The molecule has 1 nitrogen and oxygen atoms in total. The van der Waals surface area contributed by atoms with Gasteiger partial charge in [0.1, 0.15) is 17.4 Å². The van der Waals surface area contributed by atoms with Gasteiger partial charge in [0.2, 0.25) is 0 Å². The van der Waals surface area contributed by atoms with Crippen LogP contribution in [-0.2, 0) is 10.5 Å². The zero-order valence-corrected chi connectivity index (χ0v) is 11.8. The summed E-state index contributed by atoms with van der Waals surface area (Å²) in [5.41, 5.74) is 1.11. The van der Waals surface area contributed by atoms with Crippen molar-refractivity contribution in [3.8, 4) is 0 Å². The summed E-state index contributed by atoms with van der Waals surface area (Å²) in [4.78, 5) is 0.252. The standard InChI is InChI=1S/C16H14F2OS/c1-11(19-2)14-8-13(17)9-15(16(14)18)20-10-12-6-4-3-5-7-12/h3-9H,1,10H2,2H3. The highest BCUT2D eigenvalue weighted by atomic mass is 32.2. The molecule has 0 unspecified atom stereocenters. The molecule has 0 radical (unpaired) electrons. The topological polar surface area (TPSA) is 9.23 Å². The molecule has 20 heavy (non-hydrogen) atoms. The van der Waals surface area contributed by atoms with Gasteiger partial charge in [0.05, 0.1) is 12.7 Å². The third kappa shape index (κ3) is 3.39. The first-order valence-corrected chi connectivity index (χ1v) is 6.99. The summed E-state index contributed by atoms with van der Waals surface area (Å²) >= 11 is 1.24. The van der Waals surface area contributed by atoms with Crippen LogP contribution in [0.5, 0.6) is 0 Å². The first-order valence-electron chi connectivity index (χ1n) is 6.01.